The second-order valence-corrected chi connectivity index (χ2v) is 26.6. The number of hydrogen-bond donors (Lipinski definition) is 8. The summed E-state index contributed by atoms with van der Waals surface area (Å²) in [5.74, 6) is -1.10. The predicted molar refractivity (Wildman–Crippen MR) is 271 cm³/mol. The van der Waals surface area contributed by atoms with Gasteiger partial charge in [-0.05, 0) is 163 Å². The van der Waals surface area contributed by atoms with Crippen LogP contribution in [0, 0.1) is 52.3 Å². The molecular formula is C57H64N2O10S2. The van der Waals surface area contributed by atoms with E-state index in [0.717, 1.165) is 71.6 Å². The van der Waals surface area contributed by atoms with Gasteiger partial charge in [-0.1, -0.05) is 70.8 Å². The molecule has 4 aromatic carbocycles. The van der Waals surface area contributed by atoms with Gasteiger partial charge in [-0.3, -0.25) is 0 Å². The highest BCUT2D eigenvalue weighted by Crippen LogP contribution is 2.81. The van der Waals surface area contributed by atoms with E-state index in [1.54, 1.807) is 0 Å². The standard InChI is InChI=1S/C57H64N2O10S2/c1-58-43-26-71-70-25-38-33-11-8-30-19-31-14-17-54(55(31,45(30)33)39-12-10-32(61)21-35(38)39)48(62)37(43)22-36-40-23-53(15-4-5-16-53)52(64)57(66)56(40,65)50(68-49(36)54)47(69-57)51(63)67-46-42(24-60)59-41-13-9-29-18-27-6-2-3-7-28(27)20-34(29)44(41)46/h2-3,6-7,9-10,12-13,18,20-21,30-31,33,36-38,40,43,45,47-50,52,58-62,64-66H,4-5,8,11,14-17,19,22-26H2,1H3/t30-,31-,33-,36-,37+,38+,40-,43-,45+,47-,48-,49-,50+,52-,54+,55+,56-,57+/m1/s1. The zero-order chi connectivity index (χ0) is 48.1. The van der Waals surface area contributed by atoms with E-state index in [1.165, 1.54) is 11.1 Å². The van der Waals surface area contributed by atoms with Crippen molar-refractivity contribution in [2.75, 3.05) is 18.6 Å². The monoisotopic (exact) mass is 1000 g/mol. The lowest BCUT2D eigenvalue weighted by Gasteiger charge is -2.70. The number of phenolic OH excluding ortho intramolecular Hbond substituents is 1. The maximum Gasteiger partial charge on any atom is 0.343 e. The Labute approximate surface area is 420 Å². The van der Waals surface area contributed by atoms with E-state index < -0.39 is 76.6 Å². The van der Waals surface area contributed by atoms with Crippen molar-refractivity contribution >= 4 is 60.0 Å². The van der Waals surface area contributed by atoms with Crippen LogP contribution in [0.5, 0.6) is 11.5 Å². The predicted octanol–water partition coefficient (Wildman–Crippen LogP) is 7.56. The van der Waals surface area contributed by atoms with Crippen molar-refractivity contribution in [1.29, 1.82) is 0 Å². The van der Waals surface area contributed by atoms with Crippen molar-refractivity contribution in [1.82, 2.24) is 10.3 Å². The first-order chi connectivity index (χ1) is 34.4. The van der Waals surface area contributed by atoms with Crippen molar-refractivity contribution in [3.63, 3.8) is 0 Å². The summed E-state index contributed by atoms with van der Waals surface area (Å²) in [6, 6.07) is 22.1. The van der Waals surface area contributed by atoms with Crippen LogP contribution in [-0.2, 0) is 26.3 Å². The van der Waals surface area contributed by atoms with Crippen LogP contribution < -0.4 is 10.1 Å². The second kappa shape index (κ2) is 15.4. The van der Waals surface area contributed by atoms with E-state index >= 15 is 4.79 Å². The number of aliphatic hydroxyl groups is 5. The fourth-order valence-corrected chi connectivity index (χ4v) is 22.4. The number of phenols is 1. The van der Waals surface area contributed by atoms with Crippen molar-refractivity contribution in [2.24, 2.45) is 52.3 Å². The number of fused-ring (bicyclic) bond motifs is 10. The molecule has 0 amide bonds. The van der Waals surface area contributed by atoms with Gasteiger partial charge in [0, 0.05) is 45.6 Å². The minimum Gasteiger partial charge on any atom is -0.508 e. The zero-order valence-corrected chi connectivity index (χ0v) is 41.6. The lowest BCUT2D eigenvalue weighted by Crippen LogP contribution is -2.80. The maximum atomic E-state index is 15.5. The molecule has 9 fully saturated rings. The molecule has 1 aromatic heterocycles. The van der Waals surface area contributed by atoms with Gasteiger partial charge in [-0.2, -0.15) is 0 Å². The van der Waals surface area contributed by atoms with Crippen LogP contribution in [0.15, 0.2) is 66.7 Å². The van der Waals surface area contributed by atoms with Gasteiger partial charge in [0.1, 0.15) is 18.0 Å². The van der Waals surface area contributed by atoms with Gasteiger partial charge in [0.05, 0.1) is 35.4 Å². The van der Waals surface area contributed by atoms with Gasteiger partial charge >= 0.3 is 5.97 Å². The molecule has 14 heteroatoms. The van der Waals surface area contributed by atoms with E-state index in [0.29, 0.717) is 54.8 Å². The molecule has 0 unspecified atom stereocenters. The molecule has 0 radical (unpaired) electrons. The normalized spacial score (nSPS) is 44.4. The average molecular weight is 1000 g/mol. The van der Waals surface area contributed by atoms with E-state index in [9.17, 15) is 30.6 Å². The first kappa shape index (κ1) is 45.0. The summed E-state index contributed by atoms with van der Waals surface area (Å²) < 4.78 is 21.0. The summed E-state index contributed by atoms with van der Waals surface area (Å²) in [5, 5.41) is 84.4. The average Bonchev–Trinajstić information content (AvgIpc) is 4.24. The Balaban J connectivity index is 0.931. The Kier molecular flexibility index (Phi) is 9.74. The molecule has 16 rings (SSSR count). The lowest BCUT2D eigenvalue weighted by molar-refractivity contribution is -0.392. The molecule has 5 aromatic rings. The quantitative estimate of drug-likeness (QED) is 0.0500. The number of aromatic hydroxyl groups is 1. The Bertz CT molecular complexity index is 3050. The van der Waals surface area contributed by atoms with Crippen LogP contribution in [0.2, 0.25) is 0 Å². The summed E-state index contributed by atoms with van der Waals surface area (Å²) in [4.78, 5) is 18.8. The van der Waals surface area contributed by atoms with Crippen molar-refractivity contribution in [3.05, 3.63) is 83.6 Å². The van der Waals surface area contributed by atoms with Gasteiger partial charge in [-0.25, -0.2) is 4.79 Å². The van der Waals surface area contributed by atoms with Gasteiger partial charge in [0.2, 0.25) is 5.79 Å². The summed E-state index contributed by atoms with van der Waals surface area (Å²) in [5.41, 5.74) is -1.05. The number of aromatic nitrogens is 1. The highest BCUT2D eigenvalue weighted by molar-refractivity contribution is 8.76. The summed E-state index contributed by atoms with van der Waals surface area (Å²) in [6.07, 6.45) is 2.62. The number of carbonyl (C=O) groups excluding carboxylic acids is 1. The van der Waals surface area contributed by atoms with E-state index in [2.05, 4.69) is 34.6 Å². The fourth-order valence-electron chi connectivity index (χ4n) is 19.6. The third-order valence-corrected chi connectivity index (χ3v) is 24.4. The number of ether oxygens (including phenoxy) is 3. The largest absolute Gasteiger partial charge is 0.508 e. The molecule has 5 heterocycles. The Morgan fingerprint density at radius 3 is 2.49 bits per heavy atom. The molecule has 4 aliphatic heterocycles. The maximum absolute atomic E-state index is 15.5. The molecule has 6 saturated carbocycles. The van der Waals surface area contributed by atoms with Crippen molar-refractivity contribution < 1.29 is 49.6 Å². The molecule has 3 saturated heterocycles. The summed E-state index contributed by atoms with van der Waals surface area (Å²) in [7, 11) is 5.76. The highest BCUT2D eigenvalue weighted by Gasteiger charge is 2.86. The number of nitrogens with one attached hydrogen (secondary N) is 2. The molecule has 12 nitrogen and oxygen atoms in total. The number of rotatable bonds is 4. The molecule has 8 N–H and O–H groups in total. The third-order valence-electron chi connectivity index (χ3n) is 21.9. The van der Waals surface area contributed by atoms with Crippen LogP contribution in [0.1, 0.15) is 93.4 Å². The molecule has 71 heavy (non-hydrogen) atoms. The van der Waals surface area contributed by atoms with Crippen LogP contribution in [0.25, 0.3) is 32.4 Å². The third kappa shape index (κ3) is 5.41. The van der Waals surface area contributed by atoms with Crippen molar-refractivity contribution in [2.45, 2.75) is 137 Å². The Morgan fingerprint density at radius 2 is 1.69 bits per heavy atom. The molecular weight excluding hydrogens is 937 g/mol. The molecule has 7 aliphatic carbocycles. The first-order valence-electron chi connectivity index (χ1n) is 26.6. The van der Waals surface area contributed by atoms with Crippen LogP contribution >= 0.6 is 21.6 Å². The second-order valence-electron chi connectivity index (χ2n) is 24.0. The number of H-pyrrole nitrogens is 1. The first-order valence-corrected chi connectivity index (χ1v) is 29.1. The number of aromatic amines is 1. The number of benzene rings is 4. The van der Waals surface area contributed by atoms with Gasteiger partial charge < -0.3 is 55.2 Å². The molecule has 11 aliphatic rings. The van der Waals surface area contributed by atoms with Gasteiger partial charge in [-0.15, -0.1) is 0 Å². The van der Waals surface area contributed by atoms with Gasteiger partial charge in [0.15, 0.2) is 17.5 Å². The number of aliphatic hydroxyl groups excluding tert-OH is 3. The minimum absolute atomic E-state index is 0.0704. The minimum atomic E-state index is -2.59. The molecule has 374 valence electrons. The van der Waals surface area contributed by atoms with Crippen LogP contribution in [-0.4, -0.2) is 108 Å². The van der Waals surface area contributed by atoms with Crippen LogP contribution in [0.4, 0.5) is 0 Å². The smallest absolute Gasteiger partial charge is 0.343 e. The summed E-state index contributed by atoms with van der Waals surface area (Å²) in [6.45, 7) is -0.461. The van der Waals surface area contributed by atoms with Crippen LogP contribution in [0.3, 0.4) is 0 Å². The zero-order valence-electron chi connectivity index (χ0n) is 40.0. The van der Waals surface area contributed by atoms with E-state index in [1.807, 2.05) is 71.1 Å². The Hall–Kier alpha value is -3.41. The summed E-state index contributed by atoms with van der Waals surface area (Å²) >= 11 is 0. The highest BCUT2D eigenvalue weighted by atomic mass is 33.1. The number of hydrogen-bond acceptors (Lipinski definition) is 13. The fraction of sp³-hybridized carbons (Fsp3) is 0.596. The topological polar surface area (TPSA) is 194 Å². The van der Waals surface area contributed by atoms with Gasteiger partial charge in [0.25, 0.3) is 0 Å². The van der Waals surface area contributed by atoms with Crippen molar-refractivity contribution in [3.8, 4) is 11.5 Å². The number of carbonyl (C=O) groups is 1. The molecule has 4 bridgehead atoms. The van der Waals surface area contributed by atoms with E-state index in [-0.39, 0.29) is 52.8 Å². The Morgan fingerprint density at radius 1 is 0.887 bits per heavy atom. The molecule has 3 spiro atoms. The number of esters is 1. The molecule has 18 atom stereocenters. The lowest BCUT2D eigenvalue weighted by atomic mass is 9.39. The van der Waals surface area contributed by atoms with E-state index in [4.69, 9.17) is 14.2 Å². The SMILES string of the molecule is CN[C@@H]1CSSC[C@@H]2c3cc(O)ccc3[C@]34[C@H](CC[C@@]35[C@H](O)[C@H]1C[C@@H]1[C@H]3CC6(CCCC6)[C@@H](O)[C@]6(O)O[C@@H](C(=O)Oc7c(CO)[nH]c8ccc9cc%10ccccc%10cc9c78)[C@H](O[C@H]15)[C@]36O)C[C@H]1CC[C@H]2[C@H]14.